The van der Waals surface area contributed by atoms with E-state index >= 15 is 0 Å². The largest absolute Gasteiger partial charge is 0.309 e. The molecule has 0 amide bonds. The van der Waals surface area contributed by atoms with Crippen molar-refractivity contribution in [3.8, 4) is 0 Å². The monoisotopic (exact) mass is 315 g/mol. The molecule has 0 bridgehead atoms. The average Bonchev–Trinajstić information content (AvgIpc) is 2.73. The van der Waals surface area contributed by atoms with Gasteiger partial charge in [-0.1, -0.05) is 19.8 Å². The first-order valence-corrected chi connectivity index (χ1v) is 8.29. The van der Waals surface area contributed by atoms with Gasteiger partial charge < -0.3 is 5.32 Å². The predicted octanol–water partition coefficient (Wildman–Crippen LogP) is 4.99. The Morgan fingerprint density at radius 2 is 2.35 bits per heavy atom. The first-order valence-electron chi connectivity index (χ1n) is 6.62. The molecule has 17 heavy (non-hydrogen) atoms. The van der Waals surface area contributed by atoms with E-state index in [-0.39, 0.29) is 0 Å². The van der Waals surface area contributed by atoms with Gasteiger partial charge in [-0.2, -0.15) is 0 Å². The number of thiophene rings is 1. The molecule has 1 heterocycles. The highest BCUT2D eigenvalue weighted by atomic mass is 79.9. The third-order valence-corrected chi connectivity index (χ3v) is 5.65. The van der Waals surface area contributed by atoms with Gasteiger partial charge in [0.05, 0.1) is 0 Å². The van der Waals surface area contributed by atoms with Gasteiger partial charge in [-0.3, -0.25) is 0 Å². The summed E-state index contributed by atoms with van der Waals surface area (Å²) >= 11 is 5.35. The Kier molecular flexibility index (Phi) is 5.07. The maximum absolute atomic E-state index is 3.69. The molecule has 3 unspecified atom stereocenters. The van der Waals surface area contributed by atoms with E-state index in [1.807, 2.05) is 11.3 Å². The number of hydrogen-bond donors (Lipinski definition) is 1. The standard InChI is InChI=1S/C14H22BrNS/c1-10-4-3-5-12(6-10)8-16-11(2)14-7-13(15)9-17-14/h7,9-12,16H,3-6,8H2,1-2H3. The summed E-state index contributed by atoms with van der Waals surface area (Å²) in [6.45, 7) is 5.84. The van der Waals surface area contributed by atoms with Gasteiger partial charge in [0.1, 0.15) is 0 Å². The van der Waals surface area contributed by atoms with Crippen LogP contribution in [0, 0.1) is 11.8 Å². The summed E-state index contributed by atoms with van der Waals surface area (Å²) in [4.78, 5) is 1.43. The Labute approximate surface area is 117 Å². The minimum atomic E-state index is 0.489. The number of halogens is 1. The molecule has 3 atom stereocenters. The van der Waals surface area contributed by atoms with Crippen molar-refractivity contribution in [2.45, 2.75) is 45.6 Å². The Morgan fingerprint density at radius 1 is 1.53 bits per heavy atom. The highest BCUT2D eigenvalue weighted by Crippen LogP contribution is 2.29. The van der Waals surface area contributed by atoms with Crippen molar-refractivity contribution in [3.05, 3.63) is 20.8 Å². The van der Waals surface area contributed by atoms with Gasteiger partial charge in [0.25, 0.3) is 0 Å². The minimum absolute atomic E-state index is 0.489. The second-order valence-corrected chi connectivity index (χ2v) is 7.29. The molecule has 1 nitrogen and oxygen atoms in total. The lowest BCUT2D eigenvalue weighted by atomic mass is 9.82. The Balaban J connectivity index is 1.77. The summed E-state index contributed by atoms with van der Waals surface area (Å²) in [7, 11) is 0. The van der Waals surface area contributed by atoms with Crippen LogP contribution in [0.3, 0.4) is 0 Å². The molecule has 2 rings (SSSR count). The number of rotatable bonds is 4. The van der Waals surface area contributed by atoms with Crippen molar-refractivity contribution in [3.63, 3.8) is 0 Å². The molecule has 0 radical (unpaired) electrons. The lowest BCUT2D eigenvalue weighted by Crippen LogP contribution is -2.28. The fourth-order valence-corrected chi connectivity index (χ4v) is 4.22. The fraction of sp³-hybridized carbons (Fsp3) is 0.714. The van der Waals surface area contributed by atoms with E-state index in [9.17, 15) is 0 Å². The van der Waals surface area contributed by atoms with Gasteiger partial charge in [-0.05, 0) is 60.1 Å². The lowest BCUT2D eigenvalue weighted by molar-refractivity contribution is 0.269. The summed E-state index contributed by atoms with van der Waals surface area (Å²) in [6.07, 6.45) is 5.68. The van der Waals surface area contributed by atoms with Crippen LogP contribution in [0.4, 0.5) is 0 Å². The molecule has 0 saturated heterocycles. The summed E-state index contributed by atoms with van der Waals surface area (Å²) in [5, 5.41) is 5.85. The van der Waals surface area contributed by atoms with E-state index in [0.29, 0.717) is 6.04 Å². The average molecular weight is 316 g/mol. The first-order chi connectivity index (χ1) is 8.15. The molecule has 1 N–H and O–H groups in total. The lowest BCUT2D eigenvalue weighted by Gasteiger charge is -2.28. The SMILES string of the molecule is CC1CCCC(CNC(C)c2cc(Br)cs2)C1. The van der Waals surface area contributed by atoms with Crippen LogP contribution in [-0.2, 0) is 0 Å². The van der Waals surface area contributed by atoms with Crippen molar-refractivity contribution >= 4 is 27.3 Å². The zero-order valence-electron chi connectivity index (χ0n) is 10.7. The first kappa shape index (κ1) is 13.6. The number of hydrogen-bond acceptors (Lipinski definition) is 2. The van der Waals surface area contributed by atoms with Crippen molar-refractivity contribution < 1.29 is 0 Å². The van der Waals surface area contributed by atoms with Crippen LogP contribution < -0.4 is 5.32 Å². The topological polar surface area (TPSA) is 12.0 Å². The molecule has 1 aromatic heterocycles. The summed E-state index contributed by atoms with van der Waals surface area (Å²) < 4.78 is 1.21. The Hall–Kier alpha value is 0.140. The van der Waals surface area contributed by atoms with E-state index < -0.39 is 0 Å². The van der Waals surface area contributed by atoms with Crippen LogP contribution in [-0.4, -0.2) is 6.54 Å². The highest BCUT2D eigenvalue weighted by Gasteiger charge is 2.19. The van der Waals surface area contributed by atoms with Gasteiger partial charge in [-0.15, -0.1) is 11.3 Å². The molecule has 1 aliphatic carbocycles. The summed E-state index contributed by atoms with van der Waals surface area (Å²) in [5.41, 5.74) is 0. The molecular formula is C14H22BrNS. The van der Waals surface area contributed by atoms with E-state index in [0.717, 1.165) is 11.8 Å². The fourth-order valence-electron chi connectivity index (χ4n) is 2.74. The maximum atomic E-state index is 3.69. The second-order valence-electron chi connectivity index (χ2n) is 5.44. The third-order valence-electron chi connectivity index (χ3n) is 3.77. The van der Waals surface area contributed by atoms with Gasteiger partial charge in [0.15, 0.2) is 0 Å². The summed E-state index contributed by atoms with van der Waals surface area (Å²) in [5.74, 6) is 1.83. The molecule has 1 fully saturated rings. The molecule has 1 saturated carbocycles. The zero-order chi connectivity index (χ0) is 12.3. The summed E-state index contributed by atoms with van der Waals surface area (Å²) in [6, 6.07) is 2.72. The van der Waals surface area contributed by atoms with E-state index in [2.05, 4.69) is 46.5 Å². The Bertz CT molecular complexity index is 350. The predicted molar refractivity (Wildman–Crippen MR) is 79.6 cm³/mol. The maximum Gasteiger partial charge on any atom is 0.0386 e. The van der Waals surface area contributed by atoms with Gasteiger partial charge in [0, 0.05) is 20.8 Å². The molecular weight excluding hydrogens is 294 g/mol. The van der Waals surface area contributed by atoms with Crippen LogP contribution in [0.15, 0.2) is 15.9 Å². The molecule has 1 aromatic rings. The van der Waals surface area contributed by atoms with Gasteiger partial charge >= 0.3 is 0 Å². The van der Waals surface area contributed by atoms with Crippen LogP contribution in [0.1, 0.15) is 50.4 Å². The molecule has 1 aliphatic rings. The molecule has 0 aliphatic heterocycles. The van der Waals surface area contributed by atoms with Gasteiger partial charge in [-0.25, -0.2) is 0 Å². The van der Waals surface area contributed by atoms with Crippen LogP contribution in [0.5, 0.6) is 0 Å². The van der Waals surface area contributed by atoms with Crippen molar-refractivity contribution in [2.75, 3.05) is 6.54 Å². The number of nitrogens with one attached hydrogen (secondary N) is 1. The van der Waals surface area contributed by atoms with Crippen molar-refractivity contribution in [1.29, 1.82) is 0 Å². The van der Waals surface area contributed by atoms with Gasteiger partial charge in [0.2, 0.25) is 0 Å². The third kappa shape index (κ3) is 4.08. The van der Waals surface area contributed by atoms with Crippen LogP contribution >= 0.6 is 27.3 Å². The zero-order valence-corrected chi connectivity index (χ0v) is 13.1. The molecule has 96 valence electrons. The normalized spacial score (nSPS) is 27.0. The molecule has 0 spiro atoms. The van der Waals surface area contributed by atoms with Crippen molar-refractivity contribution in [1.82, 2.24) is 5.32 Å². The highest BCUT2D eigenvalue weighted by molar-refractivity contribution is 9.10. The van der Waals surface area contributed by atoms with E-state index in [1.54, 1.807) is 0 Å². The van der Waals surface area contributed by atoms with Crippen LogP contribution in [0.25, 0.3) is 0 Å². The minimum Gasteiger partial charge on any atom is -0.309 e. The molecule has 3 heteroatoms. The smallest absolute Gasteiger partial charge is 0.0386 e. The molecule has 0 aromatic carbocycles. The Morgan fingerprint density at radius 3 is 3.00 bits per heavy atom. The quantitative estimate of drug-likeness (QED) is 0.825. The van der Waals surface area contributed by atoms with Crippen molar-refractivity contribution in [2.24, 2.45) is 11.8 Å². The second kappa shape index (κ2) is 6.35. The van der Waals surface area contributed by atoms with Crippen LogP contribution in [0.2, 0.25) is 0 Å². The van der Waals surface area contributed by atoms with E-state index in [1.165, 1.54) is 41.6 Å². The van der Waals surface area contributed by atoms with E-state index in [4.69, 9.17) is 0 Å².